The Morgan fingerprint density at radius 2 is 1.71 bits per heavy atom. The Bertz CT molecular complexity index is 1470. The van der Waals surface area contributed by atoms with Crippen molar-refractivity contribution in [3.8, 4) is 0 Å². The topological polar surface area (TPSA) is 139 Å². The molecule has 0 spiro atoms. The summed E-state index contributed by atoms with van der Waals surface area (Å²) >= 11 is 0. The number of likely N-dealkylation sites (tertiary alicyclic amines) is 1. The lowest BCUT2D eigenvalue weighted by molar-refractivity contribution is -0.142. The summed E-state index contributed by atoms with van der Waals surface area (Å²) in [7, 11) is 1.74. The van der Waals surface area contributed by atoms with Gasteiger partial charge in [-0.15, -0.1) is 0 Å². The zero-order valence-corrected chi connectivity index (χ0v) is 29.5. The average Bonchev–Trinajstić information content (AvgIpc) is 3.71. The molecule has 0 unspecified atom stereocenters. The Balaban J connectivity index is 1.28. The number of benzene rings is 1. The predicted molar refractivity (Wildman–Crippen MR) is 184 cm³/mol. The number of nitrogens with one attached hydrogen (secondary N) is 3. The number of alkyl halides is 1. The molecule has 3 fully saturated rings. The molecule has 270 valence electrons. The first kappa shape index (κ1) is 36.6. The van der Waals surface area contributed by atoms with Crippen LogP contribution in [0.25, 0.3) is 10.9 Å². The molecule has 1 aromatic heterocycles. The molecule has 3 N–H and O–H groups in total. The van der Waals surface area contributed by atoms with E-state index in [-0.39, 0.29) is 42.3 Å². The maximum atomic E-state index is 14.2. The number of H-pyrrole nitrogens is 1. The van der Waals surface area contributed by atoms with Crippen molar-refractivity contribution in [1.29, 1.82) is 0 Å². The van der Waals surface area contributed by atoms with Crippen LogP contribution in [0.4, 0.5) is 14.9 Å². The van der Waals surface area contributed by atoms with Gasteiger partial charge in [0.25, 0.3) is 0 Å². The van der Waals surface area contributed by atoms with Crippen molar-refractivity contribution in [2.75, 3.05) is 32.3 Å². The van der Waals surface area contributed by atoms with Gasteiger partial charge in [-0.25, -0.2) is 14.0 Å². The highest BCUT2D eigenvalue weighted by Gasteiger charge is 2.47. The molecule has 1 aliphatic heterocycles. The first-order valence-electron chi connectivity index (χ1n) is 17.9. The van der Waals surface area contributed by atoms with E-state index in [0.29, 0.717) is 49.5 Å². The van der Waals surface area contributed by atoms with Crippen LogP contribution in [0.2, 0.25) is 0 Å². The molecule has 1 aromatic carbocycles. The monoisotopic (exact) mass is 684 g/mol. The van der Waals surface area contributed by atoms with Crippen molar-refractivity contribution in [2.24, 2.45) is 23.7 Å². The van der Waals surface area contributed by atoms with Gasteiger partial charge in [-0.1, -0.05) is 0 Å². The molecule has 2 saturated carbocycles. The molecule has 12 heteroatoms. The van der Waals surface area contributed by atoms with Gasteiger partial charge in [-0.05, 0) is 128 Å². The van der Waals surface area contributed by atoms with Crippen LogP contribution in [0.1, 0.15) is 96.0 Å². The van der Waals surface area contributed by atoms with Gasteiger partial charge in [0.15, 0.2) is 0 Å². The van der Waals surface area contributed by atoms with Crippen LogP contribution in [0, 0.1) is 23.7 Å². The number of alkyl carbamates (subject to hydrolysis) is 1. The van der Waals surface area contributed by atoms with Crippen LogP contribution < -0.4 is 10.6 Å². The first-order chi connectivity index (χ1) is 23.4. The number of hydrogen-bond acceptors (Lipinski definition) is 7. The number of carbonyl (C=O) groups excluding carboxylic acids is 4. The molecule has 11 nitrogen and oxygen atoms in total. The molecule has 3 atom stereocenters. The highest BCUT2D eigenvalue weighted by Crippen LogP contribution is 2.42. The van der Waals surface area contributed by atoms with Crippen LogP contribution in [0.15, 0.2) is 24.3 Å². The van der Waals surface area contributed by atoms with Crippen molar-refractivity contribution < 1.29 is 37.8 Å². The summed E-state index contributed by atoms with van der Waals surface area (Å²) in [5.74, 6) is -0.715. The molecule has 2 heterocycles. The number of nitrogens with zero attached hydrogens (tertiary/aromatic N) is 1. The number of esters is 1. The minimum absolute atomic E-state index is 0.0243. The highest BCUT2D eigenvalue weighted by molar-refractivity contribution is 6.01. The molecular weight excluding hydrogens is 631 g/mol. The number of anilines is 1. The smallest absolute Gasteiger partial charge is 0.407 e. The molecule has 3 aliphatic rings. The third-order valence-electron chi connectivity index (χ3n) is 10.6. The standard InChI is InChI=1S/C37H53FN4O7/c1-6-48-35(45)30-20-25-19-26(13-16-29(25)40-30)39-33(43)32-28(22-11-14-27(47-5)15-12-22)17-18-42(32)34(44)24-9-7-23(8-10-24)31(21-38)41-36(46)49-37(2,3)4/h13,16,19-20,22-24,27-28,31-32,40H,6-12,14-15,17-18,21H2,1-5H3,(H,39,43)(H,41,46)/t22?,23-,24-,27?,28-,31-,32-/m1/s1. The number of ether oxygens (including phenoxy) is 3. The van der Waals surface area contributed by atoms with Crippen molar-refractivity contribution >= 4 is 40.5 Å². The van der Waals surface area contributed by atoms with Gasteiger partial charge in [-0.2, -0.15) is 0 Å². The van der Waals surface area contributed by atoms with E-state index in [2.05, 4.69) is 15.6 Å². The Kier molecular flexibility index (Phi) is 11.9. The van der Waals surface area contributed by atoms with Crippen LogP contribution in [-0.4, -0.2) is 84.5 Å². The predicted octanol–water partition coefficient (Wildman–Crippen LogP) is 6.37. The van der Waals surface area contributed by atoms with Crippen molar-refractivity contribution in [3.63, 3.8) is 0 Å². The molecule has 5 rings (SSSR count). The number of hydrogen-bond donors (Lipinski definition) is 3. The van der Waals surface area contributed by atoms with Gasteiger partial charge in [0.2, 0.25) is 11.8 Å². The van der Waals surface area contributed by atoms with E-state index in [9.17, 15) is 23.6 Å². The first-order valence-corrected chi connectivity index (χ1v) is 17.9. The van der Waals surface area contributed by atoms with Crippen molar-refractivity contribution in [1.82, 2.24) is 15.2 Å². The fourth-order valence-electron chi connectivity index (χ4n) is 8.14. The quantitative estimate of drug-likeness (QED) is 0.247. The Morgan fingerprint density at radius 1 is 1.00 bits per heavy atom. The second-order valence-corrected chi connectivity index (χ2v) is 14.9. The fraction of sp³-hybridized carbons (Fsp3) is 0.676. The number of fused-ring (bicyclic) bond motifs is 1. The second kappa shape index (κ2) is 15.9. The fourth-order valence-corrected chi connectivity index (χ4v) is 8.14. The normalized spacial score (nSPS) is 26.6. The number of aromatic nitrogens is 1. The average molecular weight is 685 g/mol. The number of amides is 3. The maximum absolute atomic E-state index is 14.2. The van der Waals surface area contributed by atoms with Crippen LogP contribution in [-0.2, 0) is 23.8 Å². The number of halogens is 1. The molecule has 49 heavy (non-hydrogen) atoms. The maximum Gasteiger partial charge on any atom is 0.407 e. The van der Waals surface area contributed by atoms with Crippen LogP contribution in [0.5, 0.6) is 0 Å². The lowest BCUT2D eigenvalue weighted by Gasteiger charge is -2.38. The van der Waals surface area contributed by atoms with Crippen LogP contribution in [0.3, 0.4) is 0 Å². The van der Waals surface area contributed by atoms with Crippen molar-refractivity contribution in [2.45, 2.75) is 109 Å². The van der Waals surface area contributed by atoms with Gasteiger partial charge in [0, 0.05) is 36.2 Å². The van der Waals surface area contributed by atoms with Gasteiger partial charge >= 0.3 is 12.1 Å². The number of carbonyl (C=O) groups is 4. The Labute approximate surface area is 288 Å². The van der Waals surface area contributed by atoms with Gasteiger partial charge in [0.1, 0.15) is 24.0 Å². The zero-order chi connectivity index (χ0) is 35.3. The summed E-state index contributed by atoms with van der Waals surface area (Å²) < 4.78 is 30.1. The zero-order valence-electron chi connectivity index (χ0n) is 29.5. The van der Waals surface area contributed by atoms with E-state index in [1.807, 2.05) is 12.1 Å². The number of aromatic amines is 1. The van der Waals surface area contributed by atoms with E-state index in [4.69, 9.17) is 14.2 Å². The lowest BCUT2D eigenvalue weighted by atomic mass is 9.75. The Morgan fingerprint density at radius 3 is 2.35 bits per heavy atom. The summed E-state index contributed by atoms with van der Waals surface area (Å²) in [5, 5.41) is 6.55. The molecule has 0 radical (unpaired) electrons. The van der Waals surface area contributed by atoms with Gasteiger partial charge in [-0.3, -0.25) is 9.59 Å². The van der Waals surface area contributed by atoms with E-state index in [0.717, 1.165) is 43.0 Å². The molecular formula is C37H53FN4O7. The van der Waals surface area contributed by atoms with E-state index in [1.54, 1.807) is 51.8 Å². The molecule has 3 amide bonds. The van der Waals surface area contributed by atoms with Gasteiger partial charge in [0.05, 0.1) is 18.8 Å². The second-order valence-electron chi connectivity index (χ2n) is 14.9. The van der Waals surface area contributed by atoms with E-state index >= 15 is 0 Å². The minimum atomic E-state index is -0.706. The van der Waals surface area contributed by atoms with E-state index < -0.39 is 36.4 Å². The summed E-state index contributed by atoms with van der Waals surface area (Å²) in [6.45, 7) is 7.11. The largest absolute Gasteiger partial charge is 0.461 e. The lowest BCUT2D eigenvalue weighted by Crippen LogP contribution is -2.50. The van der Waals surface area contributed by atoms with Crippen LogP contribution >= 0.6 is 0 Å². The summed E-state index contributed by atoms with van der Waals surface area (Å²) in [6.07, 6.45) is 6.43. The number of rotatable bonds is 10. The summed E-state index contributed by atoms with van der Waals surface area (Å²) in [6, 6.07) is 5.85. The molecule has 2 aromatic rings. The Hall–Kier alpha value is -3.67. The third-order valence-corrected chi connectivity index (χ3v) is 10.6. The third kappa shape index (κ3) is 8.93. The highest BCUT2D eigenvalue weighted by atomic mass is 19.1. The molecule has 2 aliphatic carbocycles. The summed E-state index contributed by atoms with van der Waals surface area (Å²) in [4.78, 5) is 57.8. The molecule has 0 bridgehead atoms. The molecule has 1 saturated heterocycles. The van der Waals surface area contributed by atoms with E-state index in [1.165, 1.54) is 0 Å². The van der Waals surface area contributed by atoms with Crippen molar-refractivity contribution in [3.05, 3.63) is 30.0 Å². The SMILES string of the molecule is CCOC(=O)c1cc2cc(NC(=O)[C@H]3[C@@H](C4CCC(OC)CC4)CCN3C(=O)[C@H]3CC[C@H]([C@@H](CF)NC(=O)OC(C)(C)C)CC3)ccc2[nH]1. The van der Waals surface area contributed by atoms with Gasteiger partial charge < -0.3 is 34.7 Å². The number of methoxy groups -OCH3 is 1. The minimum Gasteiger partial charge on any atom is -0.461 e. The summed E-state index contributed by atoms with van der Waals surface area (Å²) in [5.41, 5.74) is 0.992.